The molecule has 0 aliphatic rings. The molecule has 80 valence electrons. The van der Waals surface area contributed by atoms with Gasteiger partial charge in [-0.3, -0.25) is 0 Å². The monoisotopic (exact) mass is 191 g/mol. The summed E-state index contributed by atoms with van der Waals surface area (Å²) >= 11 is 0. The third kappa shape index (κ3) is 5.21. The Morgan fingerprint density at radius 2 is 1.77 bits per heavy atom. The SMILES string of the molecule is COC(CNC(CO)C(C)C)OC. The summed E-state index contributed by atoms with van der Waals surface area (Å²) in [5.74, 6) is 0.402. The van der Waals surface area contributed by atoms with Gasteiger partial charge in [-0.2, -0.15) is 0 Å². The van der Waals surface area contributed by atoms with E-state index >= 15 is 0 Å². The van der Waals surface area contributed by atoms with Crippen molar-refractivity contribution in [3.05, 3.63) is 0 Å². The molecule has 0 aliphatic carbocycles. The lowest BCUT2D eigenvalue weighted by molar-refractivity contribution is -0.101. The topological polar surface area (TPSA) is 50.7 Å². The van der Waals surface area contributed by atoms with Crippen LogP contribution in [0.2, 0.25) is 0 Å². The number of aliphatic hydroxyl groups excluding tert-OH is 1. The summed E-state index contributed by atoms with van der Waals surface area (Å²) < 4.78 is 10.0. The van der Waals surface area contributed by atoms with E-state index in [2.05, 4.69) is 19.2 Å². The van der Waals surface area contributed by atoms with Crippen molar-refractivity contribution >= 4 is 0 Å². The molecule has 2 N–H and O–H groups in total. The van der Waals surface area contributed by atoms with E-state index in [-0.39, 0.29) is 18.9 Å². The number of hydrogen-bond donors (Lipinski definition) is 2. The van der Waals surface area contributed by atoms with Gasteiger partial charge in [-0.25, -0.2) is 0 Å². The molecule has 0 heterocycles. The summed E-state index contributed by atoms with van der Waals surface area (Å²) in [6, 6.07) is 0.104. The molecule has 0 fully saturated rings. The van der Waals surface area contributed by atoms with Gasteiger partial charge in [0.25, 0.3) is 0 Å². The molecular formula is C9H21NO3. The summed E-state index contributed by atoms with van der Waals surface area (Å²) in [5.41, 5.74) is 0. The van der Waals surface area contributed by atoms with Crippen LogP contribution in [0.3, 0.4) is 0 Å². The predicted molar refractivity (Wildman–Crippen MR) is 51.5 cm³/mol. The van der Waals surface area contributed by atoms with Crippen molar-refractivity contribution < 1.29 is 14.6 Å². The number of methoxy groups -OCH3 is 2. The van der Waals surface area contributed by atoms with Gasteiger partial charge in [0.2, 0.25) is 0 Å². The zero-order valence-corrected chi connectivity index (χ0v) is 8.91. The van der Waals surface area contributed by atoms with Crippen molar-refractivity contribution in [3.63, 3.8) is 0 Å². The third-order valence-electron chi connectivity index (χ3n) is 2.07. The van der Waals surface area contributed by atoms with Crippen molar-refractivity contribution in [2.24, 2.45) is 5.92 Å². The highest BCUT2D eigenvalue weighted by Gasteiger charge is 2.13. The number of nitrogens with one attached hydrogen (secondary N) is 1. The van der Waals surface area contributed by atoms with Gasteiger partial charge in [-0.15, -0.1) is 0 Å². The van der Waals surface area contributed by atoms with E-state index in [0.29, 0.717) is 12.5 Å². The smallest absolute Gasteiger partial charge is 0.169 e. The largest absolute Gasteiger partial charge is 0.395 e. The Hall–Kier alpha value is -0.160. The van der Waals surface area contributed by atoms with E-state index < -0.39 is 0 Å². The molecule has 0 bridgehead atoms. The standard InChI is InChI=1S/C9H21NO3/c1-7(2)8(6-11)10-5-9(12-3)13-4/h7-11H,5-6H2,1-4H3. The Balaban J connectivity index is 3.69. The maximum Gasteiger partial charge on any atom is 0.169 e. The lowest BCUT2D eigenvalue weighted by Gasteiger charge is -2.22. The van der Waals surface area contributed by atoms with Crippen LogP contribution in [0.1, 0.15) is 13.8 Å². The summed E-state index contributed by atoms with van der Waals surface area (Å²) in [7, 11) is 3.19. The predicted octanol–water partition coefficient (Wildman–Crippen LogP) is 0.212. The fourth-order valence-corrected chi connectivity index (χ4v) is 1.02. The molecule has 0 saturated heterocycles. The molecule has 0 rings (SSSR count). The van der Waals surface area contributed by atoms with Crippen LogP contribution in [0.4, 0.5) is 0 Å². The first kappa shape index (κ1) is 12.8. The number of hydrogen-bond acceptors (Lipinski definition) is 4. The van der Waals surface area contributed by atoms with Crippen LogP contribution < -0.4 is 5.32 Å². The van der Waals surface area contributed by atoms with Crippen molar-refractivity contribution in [1.29, 1.82) is 0 Å². The van der Waals surface area contributed by atoms with Crippen LogP contribution in [0.5, 0.6) is 0 Å². The number of aliphatic hydroxyl groups is 1. The Labute approximate surface area is 80.2 Å². The first-order chi connectivity index (χ1) is 6.15. The van der Waals surface area contributed by atoms with Crippen LogP contribution in [0.15, 0.2) is 0 Å². The highest BCUT2D eigenvalue weighted by molar-refractivity contribution is 4.69. The van der Waals surface area contributed by atoms with Crippen LogP contribution in [0, 0.1) is 5.92 Å². The van der Waals surface area contributed by atoms with E-state index in [1.807, 2.05) is 0 Å². The average molecular weight is 191 g/mol. The maximum absolute atomic E-state index is 9.01. The molecule has 0 amide bonds. The molecule has 1 atom stereocenters. The third-order valence-corrected chi connectivity index (χ3v) is 2.07. The van der Waals surface area contributed by atoms with Crippen molar-refractivity contribution in [1.82, 2.24) is 5.32 Å². The first-order valence-electron chi connectivity index (χ1n) is 4.55. The Kier molecular flexibility index (Phi) is 7.17. The molecule has 0 radical (unpaired) electrons. The van der Waals surface area contributed by atoms with Gasteiger partial charge < -0.3 is 19.9 Å². The molecule has 0 saturated carbocycles. The van der Waals surface area contributed by atoms with Crippen LogP contribution in [-0.4, -0.2) is 44.8 Å². The molecule has 4 heteroatoms. The normalized spacial score (nSPS) is 14.1. The van der Waals surface area contributed by atoms with Gasteiger partial charge in [0.1, 0.15) is 0 Å². The molecule has 4 nitrogen and oxygen atoms in total. The minimum absolute atomic E-state index is 0.104. The van der Waals surface area contributed by atoms with Gasteiger partial charge in [-0.1, -0.05) is 13.8 Å². The van der Waals surface area contributed by atoms with Crippen LogP contribution in [-0.2, 0) is 9.47 Å². The van der Waals surface area contributed by atoms with E-state index in [9.17, 15) is 0 Å². The molecule has 1 unspecified atom stereocenters. The first-order valence-corrected chi connectivity index (χ1v) is 4.55. The summed E-state index contributed by atoms with van der Waals surface area (Å²) in [4.78, 5) is 0. The van der Waals surface area contributed by atoms with E-state index in [1.54, 1.807) is 14.2 Å². The average Bonchev–Trinajstić information content (AvgIpc) is 2.12. The van der Waals surface area contributed by atoms with Gasteiger partial charge in [-0.05, 0) is 5.92 Å². The van der Waals surface area contributed by atoms with Crippen molar-refractivity contribution in [3.8, 4) is 0 Å². The molecule has 0 aromatic rings. The molecule has 0 spiro atoms. The minimum atomic E-state index is -0.243. The molecular weight excluding hydrogens is 170 g/mol. The Morgan fingerprint density at radius 3 is 2.08 bits per heavy atom. The molecule has 0 aromatic heterocycles. The molecule has 0 aromatic carbocycles. The van der Waals surface area contributed by atoms with E-state index in [0.717, 1.165) is 0 Å². The molecule has 13 heavy (non-hydrogen) atoms. The highest BCUT2D eigenvalue weighted by Crippen LogP contribution is 2.00. The van der Waals surface area contributed by atoms with Gasteiger partial charge in [0, 0.05) is 26.8 Å². The van der Waals surface area contributed by atoms with Crippen LogP contribution in [0.25, 0.3) is 0 Å². The second-order valence-electron chi connectivity index (χ2n) is 3.34. The van der Waals surface area contributed by atoms with Gasteiger partial charge >= 0.3 is 0 Å². The Morgan fingerprint density at radius 1 is 1.23 bits per heavy atom. The van der Waals surface area contributed by atoms with Crippen molar-refractivity contribution in [2.75, 3.05) is 27.4 Å². The fraction of sp³-hybridized carbons (Fsp3) is 1.00. The zero-order chi connectivity index (χ0) is 10.3. The number of ether oxygens (including phenoxy) is 2. The van der Waals surface area contributed by atoms with Gasteiger partial charge in [0.15, 0.2) is 6.29 Å². The second-order valence-corrected chi connectivity index (χ2v) is 3.34. The van der Waals surface area contributed by atoms with E-state index in [4.69, 9.17) is 14.6 Å². The lowest BCUT2D eigenvalue weighted by Crippen LogP contribution is -2.42. The van der Waals surface area contributed by atoms with E-state index in [1.165, 1.54) is 0 Å². The maximum atomic E-state index is 9.01. The van der Waals surface area contributed by atoms with Gasteiger partial charge in [0.05, 0.1) is 6.61 Å². The minimum Gasteiger partial charge on any atom is -0.395 e. The summed E-state index contributed by atoms with van der Waals surface area (Å²) in [5, 5.41) is 12.2. The zero-order valence-electron chi connectivity index (χ0n) is 8.91. The van der Waals surface area contributed by atoms with Crippen molar-refractivity contribution in [2.45, 2.75) is 26.2 Å². The fourth-order valence-electron chi connectivity index (χ4n) is 1.02. The summed E-state index contributed by atoms with van der Waals surface area (Å²) in [6.45, 7) is 4.85. The summed E-state index contributed by atoms with van der Waals surface area (Å²) in [6.07, 6.45) is -0.243. The molecule has 0 aliphatic heterocycles. The lowest BCUT2D eigenvalue weighted by atomic mass is 10.1. The highest BCUT2D eigenvalue weighted by atomic mass is 16.7. The second kappa shape index (κ2) is 7.26. The Bertz CT molecular complexity index is 115. The van der Waals surface area contributed by atoms with Crippen LogP contribution >= 0.6 is 0 Å². The quantitative estimate of drug-likeness (QED) is 0.565. The number of rotatable bonds is 7.